The summed E-state index contributed by atoms with van der Waals surface area (Å²) in [5, 5.41) is 9.54. The molecule has 0 atom stereocenters. The van der Waals surface area contributed by atoms with Gasteiger partial charge in [-0.2, -0.15) is 5.26 Å². The first kappa shape index (κ1) is 36.6. The Morgan fingerprint density at radius 3 is 2.39 bits per heavy atom. The van der Waals surface area contributed by atoms with Crippen molar-refractivity contribution in [3.63, 3.8) is 0 Å². The van der Waals surface area contributed by atoms with Gasteiger partial charge in [0.15, 0.2) is 5.78 Å². The number of nitrogens with zero attached hydrogens (tertiary/aromatic N) is 4. The average Bonchev–Trinajstić information content (AvgIpc) is 3.34. The third-order valence-corrected chi connectivity index (χ3v) is 12.4. The number of fused-ring (bicyclic) bond motifs is 1. The lowest BCUT2D eigenvalue weighted by Gasteiger charge is -2.63. The van der Waals surface area contributed by atoms with Gasteiger partial charge in [-0.1, -0.05) is 39.3 Å². The van der Waals surface area contributed by atoms with Gasteiger partial charge in [-0.15, -0.1) is 0 Å². The van der Waals surface area contributed by atoms with E-state index in [-0.39, 0.29) is 39.1 Å². The summed E-state index contributed by atoms with van der Waals surface area (Å²) in [6.07, 6.45) is 4.83. The van der Waals surface area contributed by atoms with Gasteiger partial charge in [0.1, 0.15) is 34.4 Å². The number of halogens is 1. The van der Waals surface area contributed by atoms with Crippen molar-refractivity contribution in [2.75, 3.05) is 44.2 Å². The maximum atomic E-state index is 13.5. The number of ketones is 1. The van der Waals surface area contributed by atoms with Gasteiger partial charge in [0.25, 0.3) is 15.9 Å². The van der Waals surface area contributed by atoms with Gasteiger partial charge in [0.2, 0.25) is 0 Å². The van der Waals surface area contributed by atoms with Crippen LogP contribution in [-0.4, -0.2) is 75.4 Å². The number of anilines is 1. The van der Waals surface area contributed by atoms with Crippen LogP contribution in [0.15, 0.2) is 59.6 Å². The first-order valence-electron chi connectivity index (χ1n) is 17.4. The van der Waals surface area contributed by atoms with Crippen molar-refractivity contribution in [3.05, 3.63) is 76.4 Å². The number of aromatic nitrogens is 1. The van der Waals surface area contributed by atoms with Crippen LogP contribution in [0.1, 0.15) is 79.7 Å². The Balaban J connectivity index is 0.910. The molecular formula is C38H44ClN5O6S. The molecule has 0 bridgehead atoms. The quantitative estimate of drug-likeness (QED) is 0.162. The number of carbonyl (C=O) groups excluding carboxylic acids is 2. The summed E-state index contributed by atoms with van der Waals surface area (Å²) < 4.78 is 38.2. The van der Waals surface area contributed by atoms with Crippen LogP contribution < -0.4 is 19.1 Å². The number of rotatable bonds is 13. The van der Waals surface area contributed by atoms with Crippen molar-refractivity contribution < 1.29 is 27.5 Å². The molecule has 1 amide bonds. The van der Waals surface area contributed by atoms with Crippen LogP contribution in [0, 0.1) is 28.1 Å². The molecule has 13 heteroatoms. The smallest absolute Gasteiger partial charge is 0.266 e. The molecular weight excluding hydrogens is 690 g/mol. The number of amides is 1. The number of unbranched alkanes of at least 4 members (excludes halogenated alkanes) is 2. The zero-order chi connectivity index (χ0) is 36.6. The molecule has 270 valence electrons. The Morgan fingerprint density at radius 2 is 1.73 bits per heavy atom. The number of carbonyl (C=O) groups is 2. The third kappa shape index (κ3) is 7.57. The second-order valence-electron chi connectivity index (χ2n) is 14.8. The first-order chi connectivity index (χ1) is 24.2. The molecule has 2 aliphatic heterocycles. The van der Waals surface area contributed by atoms with Crippen LogP contribution in [-0.2, 0) is 10.0 Å². The van der Waals surface area contributed by atoms with Crippen molar-refractivity contribution >= 4 is 39.1 Å². The van der Waals surface area contributed by atoms with Gasteiger partial charge in [-0.05, 0) is 68.1 Å². The van der Waals surface area contributed by atoms with E-state index in [1.807, 2.05) is 16.9 Å². The minimum atomic E-state index is -3.80. The fraction of sp³-hybridized carbons (Fsp3) is 0.474. The molecule has 1 saturated carbocycles. The maximum absolute atomic E-state index is 13.5. The van der Waals surface area contributed by atoms with Crippen LogP contribution >= 0.6 is 11.6 Å². The highest BCUT2D eigenvalue weighted by Crippen LogP contribution is 2.61. The number of piperazine rings is 1. The molecule has 1 aromatic heterocycles. The number of nitriles is 1. The van der Waals surface area contributed by atoms with Crippen molar-refractivity contribution in [2.45, 2.75) is 64.4 Å². The SMILES string of the molecule is CC1(C)C(CC(=O)c2ccc(N3CCN(CCCCCOc4ccc5c(c4)S(=O)(=O)NC5=O)CC3)nc2)C(C)(C)C1Oc1ccc(C#N)c(Cl)c1. The van der Waals surface area contributed by atoms with Crippen LogP contribution in [0.4, 0.5) is 5.82 Å². The molecule has 1 aliphatic carbocycles. The van der Waals surface area contributed by atoms with Gasteiger partial charge in [0.05, 0.1) is 22.8 Å². The predicted octanol–water partition coefficient (Wildman–Crippen LogP) is 6.11. The van der Waals surface area contributed by atoms with E-state index in [2.05, 4.69) is 48.5 Å². The molecule has 0 unspecified atom stereocenters. The molecule has 11 nitrogen and oxygen atoms in total. The number of pyridine rings is 1. The lowest BCUT2D eigenvalue weighted by molar-refractivity contribution is -0.196. The zero-order valence-electron chi connectivity index (χ0n) is 29.4. The molecule has 0 radical (unpaired) electrons. The fourth-order valence-corrected chi connectivity index (χ4v) is 9.49. The molecule has 2 fully saturated rings. The summed E-state index contributed by atoms with van der Waals surface area (Å²) in [6.45, 7) is 13.6. The molecule has 3 heterocycles. The topological polar surface area (TPSA) is 142 Å². The van der Waals surface area contributed by atoms with Gasteiger partial charge in [-0.3, -0.25) is 14.5 Å². The third-order valence-electron chi connectivity index (χ3n) is 10.7. The number of ether oxygens (including phenoxy) is 2. The lowest BCUT2D eigenvalue weighted by Crippen LogP contribution is -2.66. The highest BCUT2D eigenvalue weighted by Gasteiger charge is 2.63. The van der Waals surface area contributed by atoms with E-state index >= 15 is 0 Å². The van der Waals surface area contributed by atoms with Gasteiger partial charge in [0, 0.05) is 67.3 Å². The number of benzene rings is 2. The highest BCUT2D eigenvalue weighted by molar-refractivity contribution is 7.90. The molecule has 1 N–H and O–H groups in total. The summed E-state index contributed by atoms with van der Waals surface area (Å²) in [5.74, 6) is 1.50. The van der Waals surface area contributed by atoms with Crippen LogP contribution in [0.2, 0.25) is 5.02 Å². The van der Waals surface area contributed by atoms with E-state index in [0.29, 0.717) is 40.7 Å². The Hall–Kier alpha value is -4.18. The van der Waals surface area contributed by atoms with Crippen LogP contribution in [0.25, 0.3) is 0 Å². The zero-order valence-corrected chi connectivity index (χ0v) is 31.0. The van der Waals surface area contributed by atoms with E-state index in [1.165, 1.54) is 12.1 Å². The van der Waals surface area contributed by atoms with E-state index in [9.17, 15) is 23.3 Å². The van der Waals surface area contributed by atoms with Crippen LogP contribution in [0.3, 0.4) is 0 Å². The molecule has 0 spiro atoms. The summed E-state index contributed by atoms with van der Waals surface area (Å²) >= 11 is 6.23. The van der Waals surface area contributed by atoms with Crippen molar-refractivity contribution in [2.24, 2.45) is 16.7 Å². The van der Waals surface area contributed by atoms with Gasteiger partial charge >= 0.3 is 0 Å². The van der Waals surface area contributed by atoms with Crippen molar-refractivity contribution in [3.8, 4) is 17.6 Å². The maximum Gasteiger partial charge on any atom is 0.266 e. The van der Waals surface area contributed by atoms with E-state index in [4.69, 9.17) is 21.1 Å². The molecule has 3 aromatic rings. The Kier molecular flexibility index (Phi) is 10.4. The van der Waals surface area contributed by atoms with Gasteiger partial charge in [-0.25, -0.2) is 18.1 Å². The van der Waals surface area contributed by atoms with E-state index < -0.39 is 15.9 Å². The minimum absolute atomic E-state index is 0.0319. The molecule has 3 aliphatic rings. The average molecular weight is 734 g/mol. The Labute approximate surface area is 304 Å². The summed E-state index contributed by atoms with van der Waals surface area (Å²) in [5.41, 5.74) is 0.665. The van der Waals surface area contributed by atoms with Crippen LogP contribution in [0.5, 0.6) is 11.5 Å². The minimum Gasteiger partial charge on any atom is -0.494 e. The van der Waals surface area contributed by atoms with E-state index in [1.54, 1.807) is 30.5 Å². The lowest BCUT2D eigenvalue weighted by atomic mass is 9.44. The van der Waals surface area contributed by atoms with Crippen molar-refractivity contribution in [1.82, 2.24) is 14.6 Å². The second-order valence-corrected chi connectivity index (χ2v) is 16.9. The highest BCUT2D eigenvalue weighted by atomic mass is 35.5. The number of hydrogen-bond acceptors (Lipinski definition) is 10. The fourth-order valence-electron chi connectivity index (χ4n) is 8.09. The monoisotopic (exact) mass is 733 g/mol. The first-order valence-corrected chi connectivity index (χ1v) is 19.2. The Bertz CT molecular complexity index is 1940. The van der Waals surface area contributed by atoms with Crippen molar-refractivity contribution in [1.29, 1.82) is 5.26 Å². The van der Waals surface area contributed by atoms with Gasteiger partial charge < -0.3 is 14.4 Å². The molecule has 51 heavy (non-hydrogen) atoms. The largest absolute Gasteiger partial charge is 0.494 e. The molecule has 6 rings (SSSR count). The van der Waals surface area contributed by atoms with E-state index in [0.717, 1.165) is 57.8 Å². The molecule has 1 saturated heterocycles. The standard InChI is InChI=1S/C38H44ClN5O6S/c1-37(2)33(38(3,4)36(37)50-28-10-8-25(23-40)30(39)20-28)22-31(45)26-9-13-34(41-24-26)44-17-15-43(16-18-44)14-6-5-7-19-49-27-11-12-29-32(21-27)51(47,48)42-35(29)46/h8-13,20-21,24,33,36H,5-7,14-19,22H2,1-4H3,(H,42,46). The summed E-state index contributed by atoms with van der Waals surface area (Å²) in [4.78, 5) is 34.6. The summed E-state index contributed by atoms with van der Waals surface area (Å²) in [7, 11) is -3.80. The Morgan fingerprint density at radius 1 is 1.00 bits per heavy atom. The second kappa shape index (κ2) is 14.4. The number of Topliss-reactive ketones (excluding diaryl/α,β-unsaturated/α-hetero) is 1. The number of sulfonamides is 1. The number of nitrogens with one attached hydrogen (secondary N) is 1. The predicted molar refractivity (Wildman–Crippen MR) is 194 cm³/mol. The summed E-state index contributed by atoms with van der Waals surface area (Å²) in [6, 6.07) is 15.5. The number of hydrogen-bond donors (Lipinski definition) is 1. The molecule has 2 aromatic carbocycles. The normalized spacial score (nSPS) is 21.6.